The van der Waals surface area contributed by atoms with E-state index in [0.29, 0.717) is 35.2 Å². The normalized spacial score (nSPS) is 14.6. The molecule has 6 rings (SSSR count). The largest absolute Gasteiger partial charge is 0.497 e. The monoisotopic (exact) mass is 699 g/mol. The Morgan fingerprint density at radius 3 is 1.96 bits per heavy atom. The zero-order valence-electron chi connectivity index (χ0n) is 26.9. The molecule has 3 aromatic carbocycles. The fourth-order valence-electron chi connectivity index (χ4n) is 5.81. The maximum absolute atomic E-state index is 17.0. The summed E-state index contributed by atoms with van der Waals surface area (Å²) in [6, 6.07) is 13.9. The van der Waals surface area contributed by atoms with Gasteiger partial charge in [-0.2, -0.15) is 13.2 Å². The smallest absolute Gasteiger partial charge is 0.419 e. The predicted octanol–water partition coefficient (Wildman–Crippen LogP) is 8.67. The molecule has 5 aromatic rings. The summed E-state index contributed by atoms with van der Waals surface area (Å²) in [5, 5.41) is 0.296. The van der Waals surface area contributed by atoms with E-state index in [1.165, 1.54) is 25.3 Å². The molecule has 0 amide bonds. The standard InChI is InChI=1S/C35H31F6N5O2S/c1-19-13-14-46(19)33-24-16-42-34(49-4)44-31(24)30(38)32(43-33)27-28(35(39,40)41)25(36)15-26(29(27)37)45(17-20-5-9-22(47-2)10-6-20)18-21-7-11-23(48-3)12-8-21/h5-12,15-16,19H,13-14,17-18H2,1-4H3/t19-/m0/s1. The van der Waals surface area contributed by atoms with Crippen LogP contribution in [0.1, 0.15) is 30.0 Å². The molecule has 1 aliphatic heterocycles. The van der Waals surface area contributed by atoms with Crippen LogP contribution in [0.5, 0.6) is 11.5 Å². The number of rotatable bonds is 10. The number of halogens is 6. The fraction of sp³-hybridized carbons (Fsp3) is 0.286. The van der Waals surface area contributed by atoms with Crippen molar-refractivity contribution >= 4 is 34.2 Å². The molecule has 0 spiro atoms. The molecule has 1 fully saturated rings. The SMILES string of the molecule is COc1ccc(CN(Cc2ccc(OC)cc2)c2cc(F)c(C(F)(F)F)c(-c3nc(N4CC[C@@H]4C)c4cnc(SC)nc4c3F)c2F)cc1. The summed E-state index contributed by atoms with van der Waals surface area (Å²) in [4.78, 5) is 15.9. The van der Waals surface area contributed by atoms with Crippen molar-refractivity contribution in [3.63, 3.8) is 0 Å². The van der Waals surface area contributed by atoms with Crippen LogP contribution in [0.3, 0.4) is 0 Å². The zero-order chi connectivity index (χ0) is 35.0. The maximum Gasteiger partial charge on any atom is 0.419 e. The summed E-state index contributed by atoms with van der Waals surface area (Å²) in [6.07, 6.45) is -1.66. The second kappa shape index (κ2) is 13.7. The van der Waals surface area contributed by atoms with Gasteiger partial charge in [-0.1, -0.05) is 36.0 Å². The van der Waals surface area contributed by atoms with E-state index in [1.54, 1.807) is 59.7 Å². The Kier molecular flexibility index (Phi) is 9.52. The molecule has 0 radical (unpaired) electrons. The lowest BCUT2D eigenvalue weighted by molar-refractivity contribution is -0.139. The molecular formula is C35H31F6N5O2S. The van der Waals surface area contributed by atoms with Crippen molar-refractivity contribution in [1.82, 2.24) is 15.0 Å². The second-order valence-corrected chi connectivity index (χ2v) is 12.3. The summed E-state index contributed by atoms with van der Waals surface area (Å²) in [5.74, 6) is -3.38. The second-order valence-electron chi connectivity index (χ2n) is 11.5. The first-order valence-electron chi connectivity index (χ1n) is 15.2. The molecule has 0 aliphatic carbocycles. The van der Waals surface area contributed by atoms with Crippen LogP contribution in [-0.2, 0) is 19.3 Å². The van der Waals surface area contributed by atoms with Crippen LogP contribution in [0, 0.1) is 17.5 Å². The van der Waals surface area contributed by atoms with Gasteiger partial charge in [0, 0.05) is 37.9 Å². The third-order valence-electron chi connectivity index (χ3n) is 8.54. The summed E-state index contributed by atoms with van der Waals surface area (Å²) in [7, 11) is 2.99. The molecule has 0 unspecified atom stereocenters. The molecule has 7 nitrogen and oxygen atoms in total. The lowest BCUT2D eigenvalue weighted by atomic mass is 9.97. The molecule has 14 heteroatoms. The van der Waals surface area contributed by atoms with Gasteiger partial charge in [0.1, 0.15) is 39.9 Å². The maximum atomic E-state index is 17.0. The Morgan fingerprint density at radius 2 is 1.49 bits per heavy atom. The molecule has 1 atom stereocenters. The van der Waals surface area contributed by atoms with Crippen LogP contribution < -0.4 is 19.3 Å². The Bertz CT molecular complexity index is 1940. The van der Waals surface area contributed by atoms with Crippen LogP contribution in [0.2, 0.25) is 0 Å². The van der Waals surface area contributed by atoms with Crippen LogP contribution >= 0.6 is 11.8 Å². The molecule has 2 aromatic heterocycles. The van der Waals surface area contributed by atoms with Crippen molar-refractivity contribution in [2.75, 3.05) is 36.8 Å². The Balaban J connectivity index is 1.60. The number of alkyl halides is 3. The minimum absolute atomic E-state index is 0.0499. The van der Waals surface area contributed by atoms with Gasteiger partial charge in [-0.15, -0.1) is 0 Å². The van der Waals surface area contributed by atoms with Crippen molar-refractivity contribution in [3.8, 4) is 22.8 Å². The van der Waals surface area contributed by atoms with Gasteiger partial charge < -0.3 is 19.3 Å². The third-order valence-corrected chi connectivity index (χ3v) is 9.10. The fourth-order valence-corrected chi connectivity index (χ4v) is 6.15. The number of thioether (sulfide) groups is 1. The topological polar surface area (TPSA) is 63.6 Å². The quantitative estimate of drug-likeness (QED) is 0.0816. The van der Waals surface area contributed by atoms with Crippen LogP contribution in [0.4, 0.5) is 37.8 Å². The van der Waals surface area contributed by atoms with E-state index in [-0.39, 0.29) is 41.0 Å². The first-order valence-corrected chi connectivity index (χ1v) is 16.4. The van der Waals surface area contributed by atoms with Gasteiger partial charge in [0.15, 0.2) is 16.8 Å². The number of nitrogens with zero attached hydrogens (tertiary/aromatic N) is 5. The molecule has 256 valence electrons. The number of hydrogen-bond acceptors (Lipinski definition) is 8. The number of ether oxygens (including phenoxy) is 2. The lowest BCUT2D eigenvalue weighted by Crippen LogP contribution is -2.46. The van der Waals surface area contributed by atoms with Gasteiger partial charge in [-0.3, -0.25) is 0 Å². The molecular weight excluding hydrogens is 668 g/mol. The van der Waals surface area contributed by atoms with Crippen LogP contribution in [0.25, 0.3) is 22.2 Å². The number of methoxy groups -OCH3 is 2. The number of fused-ring (bicyclic) bond motifs is 1. The van der Waals surface area contributed by atoms with Crippen LogP contribution in [0.15, 0.2) is 66.0 Å². The average molecular weight is 700 g/mol. The molecule has 49 heavy (non-hydrogen) atoms. The summed E-state index contributed by atoms with van der Waals surface area (Å²) in [5.41, 5.74) is -3.90. The van der Waals surface area contributed by atoms with E-state index in [0.717, 1.165) is 18.2 Å². The van der Waals surface area contributed by atoms with Gasteiger partial charge in [-0.25, -0.2) is 28.1 Å². The zero-order valence-corrected chi connectivity index (χ0v) is 27.7. The summed E-state index contributed by atoms with van der Waals surface area (Å²) < 4.78 is 104. The van der Waals surface area contributed by atoms with Crippen molar-refractivity contribution < 1.29 is 35.8 Å². The highest BCUT2D eigenvalue weighted by Crippen LogP contribution is 2.46. The van der Waals surface area contributed by atoms with E-state index in [2.05, 4.69) is 15.0 Å². The van der Waals surface area contributed by atoms with Crippen molar-refractivity contribution in [2.45, 2.75) is 43.8 Å². The molecule has 1 saturated heterocycles. The van der Waals surface area contributed by atoms with Gasteiger partial charge in [0.25, 0.3) is 0 Å². The Hall–Kier alpha value is -4.72. The highest BCUT2D eigenvalue weighted by molar-refractivity contribution is 7.98. The number of anilines is 2. The number of pyridine rings is 1. The number of benzene rings is 3. The van der Waals surface area contributed by atoms with Crippen molar-refractivity contribution in [2.24, 2.45) is 0 Å². The van der Waals surface area contributed by atoms with E-state index < -0.39 is 46.1 Å². The van der Waals surface area contributed by atoms with Crippen molar-refractivity contribution in [1.29, 1.82) is 0 Å². The lowest BCUT2D eigenvalue weighted by Gasteiger charge is -2.40. The minimum Gasteiger partial charge on any atom is -0.497 e. The Morgan fingerprint density at radius 1 is 0.898 bits per heavy atom. The first-order chi connectivity index (χ1) is 23.4. The number of aromatic nitrogens is 3. The summed E-state index contributed by atoms with van der Waals surface area (Å²) >= 11 is 1.09. The number of hydrogen-bond donors (Lipinski definition) is 0. The molecule has 0 bridgehead atoms. The minimum atomic E-state index is -5.40. The van der Waals surface area contributed by atoms with Crippen molar-refractivity contribution in [3.05, 3.63) is 94.9 Å². The molecule has 3 heterocycles. The van der Waals surface area contributed by atoms with E-state index in [9.17, 15) is 13.2 Å². The van der Waals surface area contributed by atoms with Gasteiger partial charge in [0.2, 0.25) is 0 Å². The molecule has 1 aliphatic rings. The first kappa shape index (κ1) is 34.2. The average Bonchev–Trinajstić information content (AvgIpc) is 3.09. The Labute approximate surface area is 282 Å². The van der Waals surface area contributed by atoms with E-state index in [1.807, 2.05) is 6.92 Å². The molecule has 0 saturated carbocycles. The predicted molar refractivity (Wildman–Crippen MR) is 177 cm³/mol. The van der Waals surface area contributed by atoms with Crippen LogP contribution in [-0.4, -0.2) is 48.0 Å². The van der Waals surface area contributed by atoms with Gasteiger partial charge in [0.05, 0.1) is 30.9 Å². The van der Waals surface area contributed by atoms with E-state index >= 15 is 13.2 Å². The summed E-state index contributed by atoms with van der Waals surface area (Å²) in [6.45, 7) is 2.24. The van der Waals surface area contributed by atoms with E-state index in [4.69, 9.17) is 9.47 Å². The molecule has 0 N–H and O–H groups in total. The van der Waals surface area contributed by atoms with Gasteiger partial charge in [-0.05, 0) is 55.0 Å². The highest BCUT2D eigenvalue weighted by atomic mass is 32.2. The highest BCUT2D eigenvalue weighted by Gasteiger charge is 2.42. The van der Waals surface area contributed by atoms with Gasteiger partial charge >= 0.3 is 6.18 Å². The third kappa shape index (κ3) is 6.65.